The molecule has 9 heteroatoms. The van der Waals surface area contributed by atoms with Crippen molar-refractivity contribution in [3.05, 3.63) is 53.3 Å². The number of rotatable bonds is 2. The molecule has 3 aromatic rings. The molecule has 0 spiro atoms. The maximum absolute atomic E-state index is 11.9. The molecule has 0 aliphatic carbocycles. The molecule has 4 rings (SSSR count). The summed E-state index contributed by atoms with van der Waals surface area (Å²) in [4.78, 5) is 29.6. The van der Waals surface area contributed by atoms with Crippen LogP contribution in [0.15, 0.2) is 36.5 Å². The number of fused-ring (bicyclic) bond motifs is 1. The number of aromatic nitrogens is 3. The van der Waals surface area contributed by atoms with Gasteiger partial charge in [0, 0.05) is 31.8 Å². The number of primary amides is 1. The van der Waals surface area contributed by atoms with Crippen molar-refractivity contribution in [3.8, 4) is 23.6 Å². The van der Waals surface area contributed by atoms with E-state index in [9.17, 15) is 20.0 Å². The smallest absolute Gasteiger partial charge is 0.269 e. The Morgan fingerprint density at radius 3 is 2.81 bits per heavy atom. The molecule has 1 aliphatic heterocycles. The van der Waals surface area contributed by atoms with Crippen molar-refractivity contribution in [1.82, 2.24) is 19.7 Å². The van der Waals surface area contributed by atoms with Gasteiger partial charge in [0.2, 0.25) is 5.91 Å². The summed E-state index contributed by atoms with van der Waals surface area (Å²) >= 11 is 0. The molecule has 31 heavy (non-hydrogen) atoms. The van der Waals surface area contributed by atoms with E-state index in [1.165, 1.54) is 4.68 Å². The molecule has 0 bridgehead atoms. The lowest BCUT2D eigenvalue weighted by Gasteiger charge is -2.32. The average molecular weight is 414 g/mol. The van der Waals surface area contributed by atoms with Gasteiger partial charge in [-0.25, -0.2) is 9.67 Å². The van der Waals surface area contributed by atoms with Crippen LogP contribution in [0.5, 0.6) is 0 Å². The molecule has 1 aliphatic rings. The number of hydrogen-bond donors (Lipinski definition) is 2. The van der Waals surface area contributed by atoms with E-state index in [1.807, 2.05) is 0 Å². The lowest BCUT2D eigenvalue weighted by Crippen LogP contribution is -2.45. The van der Waals surface area contributed by atoms with Gasteiger partial charge in [0.25, 0.3) is 5.91 Å². The number of aliphatic hydroxyl groups is 1. The van der Waals surface area contributed by atoms with Gasteiger partial charge in [0.05, 0.1) is 29.1 Å². The van der Waals surface area contributed by atoms with Crippen LogP contribution in [-0.2, 0) is 4.79 Å². The van der Waals surface area contributed by atoms with Crippen LogP contribution in [0.3, 0.4) is 0 Å². The summed E-state index contributed by atoms with van der Waals surface area (Å²) in [5.41, 5.74) is 5.73. The van der Waals surface area contributed by atoms with Crippen LogP contribution in [0, 0.1) is 23.2 Å². The molecule has 1 atom stereocenters. The number of likely N-dealkylation sites (tertiary alicyclic amines) is 1. The summed E-state index contributed by atoms with van der Waals surface area (Å²) in [5, 5.41) is 24.9. The zero-order valence-corrected chi connectivity index (χ0v) is 16.7. The lowest BCUT2D eigenvalue weighted by atomic mass is 9.91. The van der Waals surface area contributed by atoms with Crippen LogP contribution in [0.2, 0.25) is 0 Å². The van der Waals surface area contributed by atoms with Crippen LogP contribution >= 0.6 is 0 Å². The summed E-state index contributed by atoms with van der Waals surface area (Å²) in [6.07, 6.45) is 1.81. The minimum atomic E-state index is -1.43. The summed E-state index contributed by atoms with van der Waals surface area (Å²) in [7, 11) is 1.68. The molecule has 2 aromatic heterocycles. The Bertz CT molecular complexity index is 1330. The number of pyridine rings is 1. The van der Waals surface area contributed by atoms with Crippen molar-refractivity contribution >= 4 is 22.8 Å². The second kappa shape index (κ2) is 7.56. The van der Waals surface area contributed by atoms with Crippen molar-refractivity contribution in [1.29, 1.82) is 5.26 Å². The van der Waals surface area contributed by atoms with E-state index in [-0.39, 0.29) is 18.0 Å². The topological polar surface area (TPSA) is 138 Å². The first-order valence-corrected chi connectivity index (χ1v) is 9.48. The number of carbonyl (C=O) groups excluding carboxylic acids is 2. The third-order valence-corrected chi connectivity index (χ3v) is 5.14. The molecular formula is C22H18N6O3. The highest BCUT2D eigenvalue weighted by Gasteiger charge is 2.34. The maximum Gasteiger partial charge on any atom is 0.269 e. The quantitative estimate of drug-likeness (QED) is 0.593. The Labute approximate surface area is 177 Å². The van der Waals surface area contributed by atoms with E-state index in [0.717, 1.165) is 0 Å². The zero-order valence-electron chi connectivity index (χ0n) is 16.7. The van der Waals surface area contributed by atoms with Gasteiger partial charge in [0.15, 0.2) is 11.3 Å². The van der Waals surface area contributed by atoms with Crippen molar-refractivity contribution in [2.75, 3.05) is 13.6 Å². The maximum atomic E-state index is 11.9. The molecule has 3 N–H and O–H groups in total. The molecule has 1 unspecified atom stereocenters. The molecule has 9 nitrogen and oxygen atoms in total. The van der Waals surface area contributed by atoms with E-state index in [2.05, 4.69) is 28.0 Å². The van der Waals surface area contributed by atoms with Crippen LogP contribution in [0.4, 0.5) is 0 Å². The fraction of sp³-hybridized carbons (Fsp3) is 0.227. The van der Waals surface area contributed by atoms with Crippen LogP contribution in [-0.4, -0.2) is 55.8 Å². The van der Waals surface area contributed by atoms with Crippen molar-refractivity contribution in [3.63, 3.8) is 0 Å². The summed E-state index contributed by atoms with van der Waals surface area (Å²) in [5.74, 6) is 4.79. The van der Waals surface area contributed by atoms with Crippen LogP contribution in [0.25, 0.3) is 16.7 Å². The van der Waals surface area contributed by atoms with Gasteiger partial charge in [-0.1, -0.05) is 11.8 Å². The van der Waals surface area contributed by atoms with Gasteiger partial charge < -0.3 is 15.7 Å². The van der Waals surface area contributed by atoms with Gasteiger partial charge in [-0.05, 0) is 30.3 Å². The van der Waals surface area contributed by atoms with E-state index in [1.54, 1.807) is 48.5 Å². The monoisotopic (exact) mass is 414 g/mol. The standard InChI is InChI=1S/C22H18N6O3/c1-27-8-6-22(31,12-18(27)29)5-4-14-9-15(13-23)11-16(10-14)28-21-17(3-2-7-25-21)19(26-28)20(24)30/h2-3,7,9-11,31H,6,8,12H2,1H3,(H2,24,30). The normalized spacial score (nSPS) is 18.4. The highest BCUT2D eigenvalue weighted by Crippen LogP contribution is 2.24. The number of nitriles is 1. The first kappa shape index (κ1) is 20.1. The van der Waals surface area contributed by atoms with E-state index < -0.39 is 11.5 Å². The molecule has 1 fully saturated rings. The Morgan fingerprint density at radius 1 is 1.32 bits per heavy atom. The van der Waals surface area contributed by atoms with E-state index in [4.69, 9.17) is 5.73 Å². The second-order valence-electron chi connectivity index (χ2n) is 7.40. The van der Waals surface area contributed by atoms with Gasteiger partial charge in [0.1, 0.15) is 5.60 Å². The number of nitrogens with zero attached hydrogens (tertiary/aromatic N) is 5. The molecule has 3 heterocycles. The van der Waals surface area contributed by atoms with Crippen molar-refractivity contribution < 1.29 is 14.7 Å². The zero-order chi connectivity index (χ0) is 22.2. The van der Waals surface area contributed by atoms with Crippen molar-refractivity contribution in [2.24, 2.45) is 5.73 Å². The largest absolute Gasteiger partial charge is 0.377 e. The second-order valence-corrected chi connectivity index (χ2v) is 7.40. The predicted molar refractivity (Wildman–Crippen MR) is 111 cm³/mol. The van der Waals surface area contributed by atoms with Crippen LogP contribution < -0.4 is 5.73 Å². The Morgan fingerprint density at radius 2 is 2.10 bits per heavy atom. The highest BCUT2D eigenvalue weighted by molar-refractivity contribution is 6.03. The molecular weight excluding hydrogens is 396 g/mol. The summed E-state index contributed by atoms with van der Waals surface area (Å²) < 4.78 is 1.43. The molecule has 2 amide bonds. The SMILES string of the molecule is CN1CCC(O)(C#Cc2cc(C#N)cc(-n3nc(C(N)=O)c4cccnc43)c2)CC1=O. The van der Waals surface area contributed by atoms with E-state index >= 15 is 0 Å². The first-order chi connectivity index (χ1) is 14.8. The Balaban J connectivity index is 1.79. The average Bonchev–Trinajstić information content (AvgIpc) is 3.15. The van der Waals surface area contributed by atoms with Crippen molar-refractivity contribution in [2.45, 2.75) is 18.4 Å². The number of carbonyl (C=O) groups is 2. The summed E-state index contributed by atoms with van der Waals surface area (Å²) in [6, 6.07) is 10.3. The predicted octanol–water partition coefficient (Wildman–Crippen LogP) is 0.726. The highest BCUT2D eigenvalue weighted by atomic mass is 16.3. The number of amides is 2. The third-order valence-electron chi connectivity index (χ3n) is 5.14. The number of hydrogen-bond acceptors (Lipinski definition) is 6. The number of piperidine rings is 1. The molecule has 0 saturated carbocycles. The van der Waals surface area contributed by atoms with E-state index in [0.29, 0.717) is 40.8 Å². The Kier molecular flexibility index (Phi) is 4.90. The fourth-order valence-electron chi connectivity index (χ4n) is 3.43. The number of benzene rings is 1. The van der Waals surface area contributed by atoms with Gasteiger partial charge in [-0.2, -0.15) is 10.4 Å². The van der Waals surface area contributed by atoms with Gasteiger partial charge in [-0.15, -0.1) is 0 Å². The minimum absolute atomic E-state index is 0.0669. The molecule has 1 saturated heterocycles. The molecule has 154 valence electrons. The Hall–Kier alpha value is -4.21. The fourth-order valence-corrected chi connectivity index (χ4v) is 3.43. The number of nitrogens with two attached hydrogens (primary N) is 1. The van der Waals surface area contributed by atoms with Gasteiger partial charge in [-0.3, -0.25) is 9.59 Å². The molecule has 0 radical (unpaired) electrons. The third kappa shape index (κ3) is 3.82. The van der Waals surface area contributed by atoms with Crippen LogP contribution in [0.1, 0.15) is 34.5 Å². The minimum Gasteiger partial charge on any atom is -0.377 e. The summed E-state index contributed by atoms with van der Waals surface area (Å²) in [6.45, 7) is 0.411. The lowest BCUT2D eigenvalue weighted by molar-refractivity contribution is -0.138. The van der Waals surface area contributed by atoms with Gasteiger partial charge >= 0.3 is 0 Å². The molecule has 1 aromatic carbocycles. The first-order valence-electron chi connectivity index (χ1n) is 9.48.